The Hall–Kier alpha value is -2.52. The number of hydrogen-bond acceptors (Lipinski definition) is 2. The van der Waals surface area contributed by atoms with Crippen LogP contribution in [-0.2, 0) is 11.3 Å². The lowest BCUT2D eigenvalue weighted by Crippen LogP contribution is -2.37. The van der Waals surface area contributed by atoms with Crippen molar-refractivity contribution >= 4 is 5.82 Å². The Morgan fingerprint density at radius 2 is 1.48 bits per heavy atom. The molecule has 4 rings (SSSR count). The fourth-order valence-corrected chi connectivity index (χ4v) is 3.88. The fourth-order valence-electron chi connectivity index (χ4n) is 3.88. The molecule has 1 aromatic heterocycles. The van der Waals surface area contributed by atoms with Gasteiger partial charge in [-0.1, -0.05) is 74.0 Å². The normalized spacial score (nSPS) is 14.5. The highest BCUT2D eigenvalue weighted by atomic mass is 16.5. The molecule has 0 spiro atoms. The average Bonchev–Trinajstić information content (AvgIpc) is 3.13. The molecule has 1 fully saturated rings. The first-order valence-corrected chi connectivity index (χ1v) is 10.1. The summed E-state index contributed by atoms with van der Waals surface area (Å²) in [6, 6.07) is 24.0. The molecule has 0 amide bonds. The summed E-state index contributed by atoms with van der Waals surface area (Å²) in [5, 5.41) is 0. The van der Waals surface area contributed by atoms with E-state index in [9.17, 15) is 0 Å². The number of ether oxygens (including phenoxy) is 1. The topological polar surface area (TPSA) is 17.4 Å². The molecule has 0 atom stereocenters. The number of hydrogen-bond donors (Lipinski definition) is 0. The number of rotatable bonds is 6. The van der Waals surface area contributed by atoms with Crippen LogP contribution in [0.3, 0.4) is 0 Å². The standard InChI is InChI=1S/C24H28N2O/c1-2-3-14-26-23(25-15-17-27-18-16-25)19-22(20-10-6-4-7-11-20)24(26)21-12-8-5-9-13-21/h4-13,19H,2-3,14-18H2,1H3. The molecule has 0 aliphatic carbocycles. The zero-order valence-corrected chi connectivity index (χ0v) is 16.1. The van der Waals surface area contributed by atoms with E-state index in [1.165, 1.54) is 41.0 Å². The number of nitrogens with zero attached hydrogens (tertiary/aromatic N) is 2. The molecule has 1 aliphatic heterocycles. The van der Waals surface area contributed by atoms with E-state index in [0.29, 0.717) is 0 Å². The van der Waals surface area contributed by atoms with Gasteiger partial charge in [0.2, 0.25) is 0 Å². The van der Waals surface area contributed by atoms with Gasteiger partial charge in [0, 0.05) is 25.2 Å². The molecule has 2 heterocycles. The molecule has 3 heteroatoms. The van der Waals surface area contributed by atoms with Crippen LogP contribution in [0.4, 0.5) is 5.82 Å². The molecule has 2 aromatic carbocycles. The van der Waals surface area contributed by atoms with Crippen LogP contribution in [0.25, 0.3) is 22.4 Å². The van der Waals surface area contributed by atoms with Gasteiger partial charge in [-0.25, -0.2) is 0 Å². The molecule has 3 nitrogen and oxygen atoms in total. The van der Waals surface area contributed by atoms with Gasteiger partial charge in [-0.2, -0.15) is 0 Å². The highest BCUT2D eigenvalue weighted by molar-refractivity contribution is 5.85. The van der Waals surface area contributed by atoms with E-state index < -0.39 is 0 Å². The molecule has 0 radical (unpaired) electrons. The van der Waals surface area contributed by atoms with Gasteiger partial charge in [0.25, 0.3) is 0 Å². The molecule has 140 valence electrons. The maximum absolute atomic E-state index is 5.60. The molecule has 3 aromatic rings. The average molecular weight is 361 g/mol. The van der Waals surface area contributed by atoms with E-state index in [-0.39, 0.29) is 0 Å². The third kappa shape index (κ3) is 3.79. The van der Waals surface area contributed by atoms with E-state index in [4.69, 9.17) is 4.74 Å². The largest absolute Gasteiger partial charge is 0.378 e. The fraction of sp³-hybridized carbons (Fsp3) is 0.333. The quantitative estimate of drug-likeness (QED) is 0.581. The van der Waals surface area contributed by atoms with Crippen LogP contribution < -0.4 is 4.90 Å². The monoisotopic (exact) mass is 360 g/mol. The van der Waals surface area contributed by atoms with Crippen molar-refractivity contribution in [1.82, 2.24) is 4.57 Å². The Morgan fingerprint density at radius 3 is 2.11 bits per heavy atom. The van der Waals surface area contributed by atoms with Crippen molar-refractivity contribution in [2.24, 2.45) is 0 Å². The van der Waals surface area contributed by atoms with Crippen LogP contribution >= 0.6 is 0 Å². The second kappa shape index (κ2) is 8.45. The Kier molecular flexibility index (Phi) is 5.59. The molecule has 0 bridgehead atoms. The van der Waals surface area contributed by atoms with E-state index in [0.717, 1.165) is 32.8 Å². The van der Waals surface area contributed by atoms with Crippen LogP contribution in [0.5, 0.6) is 0 Å². The van der Waals surface area contributed by atoms with Crippen molar-refractivity contribution in [2.75, 3.05) is 31.2 Å². The number of morpholine rings is 1. The maximum atomic E-state index is 5.60. The Balaban J connectivity index is 1.90. The molecule has 1 aliphatic rings. The second-order valence-electron chi connectivity index (χ2n) is 7.10. The zero-order valence-electron chi connectivity index (χ0n) is 16.1. The van der Waals surface area contributed by atoms with E-state index in [1.54, 1.807) is 0 Å². The van der Waals surface area contributed by atoms with Crippen molar-refractivity contribution in [2.45, 2.75) is 26.3 Å². The van der Waals surface area contributed by atoms with Crippen LogP contribution in [-0.4, -0.2) is 30.9 Å². The number of unbranched alkanes of at least 4 members (excludes halogenated alkanes) is 1. The minimum atomic E-state index is 0.806. The predicted molar refractivity (Wildman–Crippen MR) is 113 cm³/mol. The third-order valence-corrected chi connectivity index (χ3v) is 5.28. The van der Waals surface area contributed by atoms with Crippen LogP contribution in [0, 0.1) is 0 Å². The minimum Gasteiger partial charge on any atom is -0.378 e. The lowest BCUT2D eigenvalue weighted by molar-refractivity contribution is 0.122. The summed E-state index contributed by atoms with van der Waals surface area (Å²) in [6.45, 7) is 6.83. The summed E-state index contributed by atoms with van der Waals surface area (Å²) in [5.41, 5.74) is 5.21. The molecular weight excluding hydrogens is 332 g/mol. The van der Waals surface area contributed by atoms with Crippen LogP contribution in [0.15, 0.2) is 66.7 Å². The van der Waals surface area contributed by atoms with Crippen molar-refractivity contribution in [3.63, 3.8) is 0 Å². The Bertz CT molecular complexity index is 849. The first-order chi connectivity index (χ1) is 13.4. The van der Waals surface area contributed by atoms with Crippen molar-refractivity contribution in [3.05, 3.63) is 66.7 Å². The summed E-state index contributed by atoms with van der Waals surface area (Å²) in [7, 11) is 0. The van der Waals surface area contributed by atoms with Gasteiger partial charge in [0.1, 0.15) is 5.82 Å². The summed E-state index contributed by atoms with van der Waals surface area (Å²) in [4.78, 5) is 2.48. The second-order valence-corrected chi connectivity index (χ2v) is 7.10. The van der Waals surface area contributed by atoms with E-state index in [1.807, 2.05) is 0 Å². The summed E-state index contributed by atoms with van der Waals surface area (Å²) < 4.78 is 8.13. The first kappa shape index (κ1) is 17.9. The summed E-state index contributed by atoms with van der Waals surface area (Å²) in [6.07, 6.45) is 2.37. The molecule has 0 saturated carbocycles. The highest BCUT2D eigenvalue weighted by Gasteiger charge is 2.22. The SMILES string of the molecule is CCCCn1c(N2CCOCC2)cc(-c2ccccc2)c1-c1ccccc1. The predicted octanol–water partition coefficient (Wildman–Crippen LogP) is 5.46. The van der Waals surface area contributed by atoms with Crippen molar-refractivity contribution in [3.8, 4) is 22.4 Å². The van der Waals surface area contributed by atoms with Gasteiger partial charge < -0.3 is 14.2 Å². The maximum Gasteiger partial charge on any atom is 0.109 e. The number of benzene rings is 2. The molecule has 0 N–H and O–H groups in total. The van der Waals surface area contributed by atoms with Crippen molar-refractivity contribution < 1.29 is 4.74 Å². The lowest BCUT2D eigenvalue weighted by Gasteiger charge is -2.30. The Morgan fingerprint density at radius 1 is 0.852 bits per heavy atom. The first-order valence-electron chi connectivity index (χ1n) is 10.1. The summed E-state index contributed by atoms with van der Waals surface area (Å²) >= 11 is 0. The van der Waals surface area contributed by atoms with Crippen LogP contribution in [0.1, 0.15) is 19.8 Å². The molecule has 1 saturated heterocycles. The van der Waals surface area contributed by atoms with Gasteiger partial charge in [0.15, 0.2) is 0 Å². The molecule has 0 unspecified atom stereocenters. The van der Waals surface area contributed by atoms with E-state index >= 15 is 0 Å². The van der Waals surface area contributed by atoms with E-state index in [2.05, 4.69) is 83.1 Å². The van der Waals surface area contributed by atoms with Crippen LogP contribution in [0.2, 0.25) is 0 Å². The van der Waals surface area contributed by atoms with Gasteiger partial charge >= 0.3 is 0 Å². The smallest absolute Gasteiger partial charge is 0.109 e. The number of anilines is 1. The van der Waals surface area contributed by atoms with Gasteiger partial charge in [-0.3, -0.25) is 0 Å². The third-order valence-electron chi connectivity index (χ3n) is 5.28. The Labute approximate surface area is 162 Å². The molecule has 27 heavy (non-hydrogen) atoms. The van der Waals surface area contributed by atoms with Gasteiger partial charge in [-0.15, -0.1) is 0 Å². The molecular formula is C24H28N2O. The van der Waals surface area contributed by atoms with Gasteiger partial charge in [-0.05, 0) is 23.6 Å². The zero-order chi connectivity index (χ0) is 18.5. The summed E-state index contributed by atoms with van der Waals surface area (Å²) in [5.74, 6) is 1.32. The number of aromatic nitrogens is 1. The highest BCUT2D eigenvalue weighted by Crippen LogP contribution is 2.39. The van der Waals surface area contributed by atoms with Gasteiger partial charge in [0.05, 0.1) is 18.9 Å². The lowest BCUT2D eigenvalue weighted by atomic mass is 10.0. The minimum absolute atomic E-state index is 0.806. The van der Waals surface area contributed by atoms with Crippen molar-refractivity contribution in [1.29, 1.82) is 0 Å².